The second kappa shape index (κ2) is 9.25. The molecule has 0 spiro atoms. The van der Waals surface area contributed by atoms with Gasteiger partial charge in [0.05, 0.1) is 28.5 Å². The van der Waals surface area contributed by atoms with Gasteiger partial charge in [0.1, 0.15) is 0 Å². The third kappa shape index (κ3) is 4.72. The van der Waals surface area contributed by atoms with Gasteiger partial charge in [-0.15, -0.1) is 0 Å². The molecule has 1 aliphatic heterocycles. The molecule has 3 heterocycles. The minimum Gasteiger partial charge on any atom is -0.354 e. The van der Waals surface area contributed by atoms with E-state index in [-0.39, 0.29) is 11.9 Å². The Morgan fingerprint density at radius 1 is 1.09 bits per heavy atom. The van der Waals surface area contributed by atoms with Gasteiger partial charge in [0.2, 0.25) is 0 Å². The lowest BCUT2D eigenvalue weighted by Crippen LogP contribution is -2.36. The summed E-state index contributed by atoms with van der Waals surface area (Å²) in [5, 5.41) is 6.54. The van der Waals surface area contributed by atoms with Crippen LogP contribution in [0, 0.1) is 0 Å². The van der Waals surface area contributed by atoms with Crippen molar-refractivity contribution in [3.63, 3.8) is 0 Å². The fourth-order valence-electron chi connectivity index (χ4n) is 4.16. The van der Waals surface area contributed by atoms with E-state index in [1.807, 2.05) is 36.4 Å². The molecule has 1 fully saturated rings. The Labute approximate surface area is 200 Å². The van der Waals surface area contributed by atoms with Gasteiger partial charge in [0, 0.05) is 46.9 Å². The third-order valence-corrected chi connectivity index (χ3v) is 6.33. The highest BCUT2D eigenvalue weighted by molar-refractivity contribution is 9.10. The van der Waals surface area contributed by atoms with Gasteiger partial charge in [-0.2, -0.15) is 0 Å². The Kier molecular flexibility index (Phi) is 6.02. The van der Waals surface area contributed by atoms with E-state index < -0.39 is 0 Å². The van der Waals surface area contributed by atoms with Crippen molar-refractivity contribution in [1.82, 2.24) is 25.2 Å². The van der Waals surface area contributed by atoms with Gasteiger partial charge in [0.15, 0.2) is 0 Å². The van der Waals surface area contributed by atoms with Crippen LogP contribution in [0.1, 0.15) is 16.8 Å². The monoisotopic (exact) mass is 502 g/mol. The molecule has 1 unspecified atom stereocenters. The van der Waals surface area contributed by atoms with Crippen LogP contribution < -0.4 is 10.6 Å². The number of likely N-dealkylation sites (N-methyl/N-ethyl adjacent to an activating group) is 1. The van der Waals surface area contributed by atoms with Crippen LogP contribution in [0.2, 0.25) is 0 Å². The largest absolute Gasteiger partial charge is 0.354 e. The topological polar surface area (TPSA) is 83.0 Å². The number of halogens is 1. The summed E-state index contributed by atoms with van der Waals surface area (Å²) in [4.78, 5) is 28.5. The molecule has 2 aromatic heterocycles. The Balaban J connectivity index is 1.49. The number of nitrogens with one attached hydrogen (secondary N) is 2. The number of rotatable bonds is 5. The number of benzene rings is 2. The summed E-state index contributed by atoms with van der Waals surface area (Å²) in [7, 11) is 2.07. The zero-order chi connectivity index (χ0) is 22.8. The summed E-state index contributed by atoms with van der Waals surface area (Å²) < 4.78 is 1.01. The highest BCUT2D eigenvalue weighted by Crippen LogP contribution is 2.32. The molecule has 8 heteroatoms. The van der Waals surface area contributed by atoms with Crippen LogP contribution in [-0.2, 0) is 0 Å². The average molecular weight is 503 g/mol. The van der Waals surface area contributed by atoms with Crippen LogP contribution in [0.4, 0.5) is 11.4 Å². The van der Waals surface area contributed by atoms with Crippen LogP contribution in [0.15, 0.2) is 71.7 Å². The van der Waals surface area contributed by atoms with Crippen LogP contribution in [0.3, 0.4) is 0 Å². The van der Waals surface area contributed by atoms with Gasteiger partial charge < -0.3 is 15.5 Å². The van der Waals surface area contributed by atoms with E-state index in [9.17, 15) is 4.79 Å². The number of hydrogen-bond donors (Lipinski definition) is 2. The molecule has 0 saturated carbocycles. The smallest absolute Gasteiger partial charge is 0.253 e. The molecule has 166 valence electrons. The van der Waals surface area contributed by atoms with Crippen molar-refractivity contribution in [2.45, 2.75) is 12.5 Å². The normalized spacial score (nSPS) is 16.1. The van der Waals surface area contributed by atoms with E-state index >= 15 is 0 Å². The van der Waals surface area contributed by atoms with Gasteiger partial charge in [-0.25, -0.2) is 0 Å². The number of carbonyl (C=O) groups is 1. The van der Waals surface area contributed by atoms with E-state index in [0.29, 0.717) is 11.3 Å². The Bertz CT molecular complexity index is 1310. The quantitative estimate of drug-likeness (QED) is 0.413. The summed E-state index contributed by atoms with van der Waals surface area (Å²) in [6.07, 6.45) is 7.65. The Hall–Kier alpha value is -3.36. The average Bonchev–Trinajstić information content (AvgIpc) is 3.24. The van der Waals surface area contributed by atoms with Gasteiger partial charge in [-0.1, -0.05) is 28.1 Å². The van der Waals surface area contributed by atoms with Crippen LogP contribution in [-0.4, -0.2) is 51.9 Å². The summed E-state index contributed by atoms with van der Waals surface area (Å²) in [6, 6.07) is 13.9. The fraction of sp³-hybridized carbons (Fsp3) is 0.200. The van der Waals surface area contributed by atoms with Crippen molar-refractivity contribution in [1.29, 1.82) is 0 Å². The third-order valence-electron chi connectivity index (χ3n) is 5.80. The SMILES string of the molecule is CN1CCC(NC(=O)c2ccncc2Nc2cc(-c3ccc(Br)cc3)c3nccnc3c2)C1. The number of amides is 1. The number of pyridine rings is 1. The van der Waals surface area contributed by atoms with Crippen molar-refractivity contribution < 1.29 is 4.79 Å². The maximum atomic E-state index is 13.0. The van der Waals surface area contributed by atoms with Gasteiger partial charge in [0.25, 0.3) is 5.91 Å². The first-order chi connectivity index (χ1) is 16.1. The number of aromatic nitrogens is 3. The molecule has 1 amide bonds. The first-order valence-electron chi connectivity index (χ1n) is 10.8. The Morgan fingerprint density at radius 2 is 1.91 bits per heavy atom. The number of hydrogen-bond acceptors (Lipinski definition) is 6. The molecule has 0 bridgehead atoms. The molecular weight excluding hydrogens is 480 g/mol. The molecule has 2 aromatic carbocycles. The molecule has 7 nitrogen and oxygen atoms in total. The molecule has 0 radical (unpaired) electrons. The van der Waals surface area contributed by atoms with Crippen LogP contribution in [0.5, 0.6) is 0 Å². The lowest BCUT2D eigenvalue weighted by molar-refractivity contribution is 0.0939. The van der Waals surface area contributed by atoms with Crippen molar-refractivity contribution >= 4 is 44.2 Å². The molecule has 1 saturated heterocycles. The predicted octanol–water partition coefficient (Wildman–Crippen LogP) is 4.63. The van der Waals surface area contributed by atoms with Gasteiger partial charge in [-0.05, 0) is 55.9 Å². The van der Waals surface area contributed by atoms with E-state index in [4.69, 9.17) is 0 Å². The minimum atomic E-state index is -0.103. The second-order valence-electron chi connectivity index (χ2n) is 8.22. The molecule has 4 aromatic rings. The minimum absolute atomic E-state index is 0.103. The molecule has 1 aliphatic rings. The zero-order valence-corrected chi connectivity index (χ0v) is 19.7. The van der Waals surface area contributed by atoms with Crippen molar-refractivity contribution in [2.24, 2.45) is 0 Å². The van der Waals surface area contributed by atoms with Crippen molar-refractivity contribution in [3.8, 4) is 11.1 Å². The second-order valence-corrected chi connectivity index (χ2v) is 9.14. The van der Waals surface area contributed by atoms with Crippen LogP contribution in [0.25, 0.3) is 22.2 Å². The summed E-state index contributed by atoms with van der Waals surface area (Å²) in [5.41, 5.74) is 5.59. The first-order valence-corrected chi connectivity index (χ1v) is 11.6. The van der Waals surface area contributed by atoms with Crippen LogP contribution >= 0.6 is 15.9 Å². The first kappa shape index (κ1) is 21.5. The molecule has 1 atom stereocenters. The number of anilines is 2. The highest BCUT2D eigenvalue weighted by atomic mass is 79.9. The zero-order valence-electron chi connectivity index (χ0n) is 18.1. The van der Waals surface area contributed by atoms with E-state index in [2.05, 4.69) is 53.5 Å². The lowest BCUT2D eigenvalue weighted by atomic mass is 10.0. The summed E-state index contributed by atoms with van der Waals surface area (Å²) in [6.45, 7) is 1.85. The summed E-state index contributed by atoms with van der Waals surface area (Å²) >= 11 is 3.49. The van der Waals surface area contributed by atoms with E-state index in [1.165, 1.54) is 0 Å². The number of likely N-dealkylation sites (tertiary alicyclic amines) is 1. The maximum Gasteiger partial charge on any atom is 0.253 e. The number of carbonyl (C=O) groups excluding carboxylic acids is 1. The van der Waals surface area contributed by atoms with E-state index in [0.717, 1.165) is 51.8 Å². The number of fused-ring (bicyclic) bond motifs is 1. The summed E-state index contributed by atoms with van der Waals surface area (Å²) in [5.74, 6) is -0.103. The molecule has 2 N–H and O–H groups in total. The standard InChI is InChI=1S/C25H23BrN6O/c1-32-11-7-18(15-32)31-25(33)20-6-8-27-14-23(20)30-19-12-21(16-2-4-17(26)5-3-16)24-22(13-19)28-9-10-29-24/h2-6,8-10,12-14,18,30H,7,11,15H2,1H3,(H,31,33). The maximum absolute atomic E-state index is 13.0. The molecule has 33 heavy (non-hydrogen) atoms. The highest BCUT2D eigenvalue weighted by Gasteiger charge is 2.23. The molecule has 5 rings (SSSR count). The molecular formula is C25H23BrN6O. The Morgan fingerprint density at radius 3 is 2.70 bits per heavy atom. The lowest BCUT2D eigenvalue weighted by Gasteiger charge is -2.16. The van der Waals surface area contributed by atoms with Gasteiger partial charge >= 0.3 is 0 Å². The van der Waals surface area contributed by atoms with Crippen molar-refractivity contribution in [2.75, 3.05) is 25.5 Å². The molecule has 0 aliphatic carbocycles. The van der Waals surface area contributed by atoms with Crippen molar-refractivity contribution in [3.05, 3.63) is 77.3 Å². The predicted molar refractivity (Wildman–Crippen MR) is 134 cm³/mol. The van der Waals surface area contributed by atoms with E-state index in [1.54, 1.807) is 30.9 Å². The number of nitrogens with zero attached hydrogens (tertiary/aromatic N) is 4. The fourth-order valence-corrected chi connectivity index (χ4v) is 4.42. The van der Waals surface area contributed by atoms with Gasteiger partial charge in [-0.3, -0.25) is 19.7 Å².